The number of thioether (sulfide) groups is 1. The van der Waals surface area contributed by atoms with Crippen molar-refractivity contribution in [3.8, 4) is 0 Å². The molecule has 1 aromatic rings. The number of rotatable bonds is 5. The van der Waals surface area contributed by atoms with Gasteiger partial charge in [0.05, 0.1) is 4.24 Å². The minimum atomic E-state index is 0.131. The molecule has 0 bridgehead atoms. The fraction of sp³-hybridized carbons (Fsp3) is 0.312. The highest BCUT2D eigenvalue weighted by Gasteiger charge is 2.22. The average molecular weight is 320 g/mol. The van der Waals surface area contributed by atoms with E-state index in [1.165, 1.54) is 4.24 Å². The molecule has 0 N–H and O–H groups in total. The van der Waals surface area contributed by atoms with Crippen LogP contribution in [0, 0.1) is 0 Å². The lowest BCUT2D eigenvalue weighted by Crippen LogP contribution is -2.46. The summed E-state index contributed by atoms with van der Waals surface area (Å²) >= 11 is 3.39. The molecule has 5 heteroatoms. The van der Waals surface area contributed by atoms with E-state index in [-0.39, 0.29) is 5.91 Å². The van der Waals surface area contributed by atoms with Gasteiger partial charge in [0.1, 0.15) is 0 Å². The zero-order chi connectivity index (χ0) is 15.1. The predicted molar refractivity (Wildman–Crippen MR) is 93.1 cm³/mol. The van der Waals surface area contributed by atoms with Crippen LogP contribution in [0.5, 0.6) is 0 Å². The molecule has 2 rings (SSSR count). The van der Waals surface area contributed by atoms with Crippen molar-refractivity contribution in [2.45, 2.75) is 6.92 Å². The number of carbonyl (C=O) groups is 1. The Morgan fingerprint density at radius 1 is 1.19 bits per heavy atom. The van der Waals surface area contributed by atoms with Crippen LogP contribution in [0.25, 0.3) is 0 Å². The van der Waals surface area contributed by atoms with Crippen LogP contribution in [-0.4, -0.2) is 41.3 Å². The highest BCUT2D eigenvalue weighted by atomic mass is 32.2. The van der Waals surface area contributed by atoms with E-state index < -0.39 is 0 Å². The topological polar surface area (TPSA) is 23.6 Å². The van der Waals surface area contributed by atoms with Gasteiger partial charge in [-0.25, -0.2) is 4.31 Å². The number of amides is 1. The van der Waals surface area contributed by atoms with E-state index >= 15 is 0 Å². The van der Waals surface area contributed by atoms with Gasteiger partial charge in [-0.05, 0) is 36.4 Å². The monoisotopic (exact) mass is 320 g/mol. The molecule has 0 aliphatic carbocycles. The summed E-state index contributed by atoms with van der Waals surface area (Å²) in [6, 6.07) is 9.50. The van der Waals surface area contributed by atoms with Gasteiger partial charge in [-0.15, -0.1) is 0 Å². The van der Waals surface area contributed by atoms with Gasteiger partial charge in [0, 0.05) is 31.7 Å². The molecule has 1 aromatic carbocycles. The van der Waals surface area contributed by atoms with Crippen LogP contribution in [0.3, 0.4) is 0 Å². The second kappa shape index (κ2) is 8.32. The minimum absolute atomic E-state index is 0.131. The first-order valence-electron chi connectivity index (χ1n) is 6.95. The smallest absolute Gasteiger partial charge is 0.253 e. The molecule has 112 valence electrons. The summed E-state index contributed by atoms with van der Waals surface area (Å²) in [5.41, 5.74) is 0.773. The Hall–Kier alpha value is -1.17. The minimum Gasteiger partial charge on any atom is -0.336 e. The Bertz CT molecular complexity index is 508. The standard InChI is InChI=1S/C16H20N2OS2/c1-3-15(20-4-2)21-18-12-10-17(11-13-18)16(19)14-8-6-5-7-9-14/h3-9H,2,10-13H2,1H3/b15-3+. The molecular weight excluding hydrogens is 300 g/mol. The zero-order valence-corrected chi connectivity index (χ0v) is 13.8. The first-order valence-corrected chi connectivity index (χ1v) is 8.61. The van der Waals surface area contributed by atoms with Crippen LogP contribution in [-0.2, 0) is 0 Å². The highest BCUT2D eigenvalue weighted by Crippen LogP contribution is 2.32. The molecule has 1 aliphatic heterocycles. The third-order valence-corrected chi connectivity index (χ3v) is 5.39. The van der Waals surface area contributed by atoms with Crippen molar-refractivity contribution in [3.05, 3.63) is 58.2 Å². The molecule has 1 heterocycles. The first-order chi connectivity index (χ1) is 10.2. The number of hydrogen-bond acceptors (Lipinski definition) is 4. The largest absolute Gasteiger partial charge is 0.336 e. The molecule has 21 heavy (non-hydrogen) atoms. The Labute approximate surface area is 135 Å². The molecule has 1 amide bonds. The molecule has 1 fully saturated rings. The lowest BCUT2D eigenvalue weighted by molar-refractivity contribution is 0.0704. The lowest BCUT2D eigenvalue weighted by atomic mass is 10.2. The zero-order valence-electron chi connectivity index (χ0n) is 12.2. The average Bonchev–Trinajstić information content (AvgIpc) is 2.55. The molecule has 0 aromatic heterocycles. The number of hydrogen-bond donors (Lipinski definition) is 0. The van der Waals surface area contributed by atoms with Gasteiger partial charge in [-0.1, -0.05) is 42.6 Å². The van der Waals surface area contributed by atoms with E-state index in [1.807, 2.05) is 47.6 Å². The molecule has 0 unspecified atom stereocenters. The first kappa shape index (κ1) is 16.2. The van der Waals surface area contributed by atoms with E-state index in [4.69, 9.17) is 0 Å². The molecule has 0 spiro atoms. The SMILES string of the molecule is C=CS/C(=C\C)SN1CCN(C(=O)c2ccccc2)CC1. The predicted octanol–water partition coefficient (Wildman–Crippen LogP) is 3.83. The van der Waals surface area contributed by atoms with Gasteiger partial charge in [-0.2, -0.15) is 0 Å². The van der Waals surface area contributed by atoms with Crippen molar-refractivity contribution in [2.24, 2.45) is 0 Å². The van der Waals surface area contributed by atoms with Crippen molar-refractivity contribution in [1.29, 1.82) is 0 Å². The van der Waals surface area contributed by atoms with Crippen LogP contribution >= 0.6 is 23.7 Å². The maximum atomic E-state index is 12.4. The van der Waals surface area contributed by atoms with E-state index in [0.29, 0.717) is 0 Å². The number of nitrogens with zero attached hydrogens (tertiary/aromatic N) is 2. The van der Waals surface area contributed by atoms with Gasteiger partial charge >= 0.3 is 0 Å². The third kappa shape index (κ3) is 4.66. The van der Waals surface area contributed by atoms with E-state index in [9.17, 15) is 4.79 Å². The van der Waals surface area contributed by atoms with Gasteiger partial charge in [0.15, 0.2) is 0 Å². The Morgan fingerprint density at radius 2 is 1.86 bits per heavy atom. The maximum absolute atomic E-state index is 12.4. The maximum Gasteiger partial charge on any atom is 0.253 e. The molecule has 0 saturated carbocycles. The Morgan fingerprint density at radius 3 is 2.43 bits per heavy atom. The van der Waals surface area contributed by atoms with Crippen LogP contribution in [0.15, 0.2) is 52.6 Å². The number of allylic oxidation sites excluding steroid dienone is 1. The normalized spacial score (nSPS) is 16.8. The lowest BCUT2D eigenvalue weighted by Gasteiger charge is -2.34. The summed E-state index contributed by atoms with van der Waals surface area (Å²) in [7, 11) is 0. The van der Waals surface area contributed by atoms with Crippen LogP contribution < -0.4 is 0 Å². The van der Waals surface area contributed by atoms with Crippen molar-refractivity contribution in [1.82, 2.24) is 9.21 Å². The number of piperazine rings is 1. The summed E-state index contributed by atoms with van der Waals surface area (Å²) in [5, 5.41) is 1.84. The van der Waals surface area contributed by atoms with Crippen molar-refractivity contribution in [2.75, 3.05) is 26.2 Å². The van der Waals surface area contributed by atoms with Crippen LogP contribution in [0.4, 0.5) is 0 Å². The fourth-order valence-corrected chi connectivity index (χ4v) is 3.80. The van der Waals surface area contributed by atoms with Crippen molar-refractivity contribution < 1.29 is 4.79 Å². The third-order valence-electron chi connectivity index (χ3n) is 3.20. The number of benzene rings is 1. The van der Waals surface area contributed by atoms with Gasteiger partial charge in [0.2, 0.25) is 0 Å². The molecule has 1 saturated heterocycles. The summed E-state index contributed by atoms with van der Waals surface area (Å²) in [5.74, 6) is 0.131. The van der Waals surface area contributed by atoms with Crippen LogP contribution in [0.1, 0.15) is 17.3 Å². The second-order valence-electron chi connectivity index (χ2n) is 4.57. The summed E-state index contributed by atoms with van der Waals surface area (Å²) in [6.45, 7) is 9.11. The number of carbonyl (C=O) groups excluding carboxylic acids is 1. The molecule has 3 nitrogen and oxygen atoms in total. The van der Waals surface area contributed by atoms with Crippen molar-refractivity contribution >= 4 is 29.6 Å². The van der Waals surface area contributed by atoms with E-state index in [2.05, 4.69) is 17.0 Å². The molecular formula is C16H20N2OS2. The van der Waals surface area contributed by atoms with Gasteiger partial charge < -0.3 is 4.90 Å². The van der Waals surface area contributed by atoms with Gasteiger partial charge in [-0.3, -0.25) is 4.79 Å². The highest BCUT2D eigenvalue weighted by molar-refractivity contribution is 8.22. The quantitative estimate of drug-likeness (QED) is 0.769. The van der Waals surface area contributed by atoms with Gasteiger partial charge in [0.25, 0.3) is 5.91 Å². The van der Waals surface area contributed by atoms with Crippen molar-refractivity contribution in [3.63, 3.8) is 0 Å². The van der Waals surface area contributed by atoms with E-state index in [0.717, 1.165) is 31.7 Å². The molecule has 0 atom stereocenters. The van der Waals surface area contributed by atoms with Crippen LogP contribution in [0.2, 0.25) is 0 Å². The summed E-state index contributed by atoms with van der Waals surface area (Å²) in [6.07, 6.45) is 2.10. The summed E-state index contributed by atoms with van der Waals surface area (Å²) < 4.78 is 3.54. The molecule has 0 radical (unpaired) electrons. The van der Waals surface area contributed by atoms with E-state index in [1.54, 1.807) is 23.7 Å². The summed E-state index contributed by atoms with van der Waals surface area (Å²) in [4.78, 5) is 14.3. The fourth-order valence-electron chi connectivity index (χ4n) is 2.10. The Kier molecular flexibility index (Phi) is 6.42. The Balaban J connectivity index is 1.86. The second-order valence-corrected chi connectivity index (χ2v) is 6.98. The molecule has 1 aliphatic rings.